The van der Waals surface area contributed by atoms with Gasteiger partial charge in [-0.05, 0) is 133 Å². The van der Waals surface area contributed by atoms with E-state index in [0.29, 0.717) is 22.7 Å². The Morgan fingerprint density at radius 3 is 2.31 bits per heavy atom. The maximum atomic E-state index is 13.0. The number of allylic oxidation sites excluding steroid dienone is 2. The number of phenols is 1. The number of carbonyl (C=O) groups excluding carboxylic acids is 1. The lowest BCUT2D eigenvalue weighted by molar-refractivity contribution is -0.211. The lowest BCUT2D eigenvalue weighted by atomic mass is 9.33. The second-order valence-corrected chi connectivity index (χ2v) is 17.0. The van der Waals surface area contributed by atoms with Crippen molar-refractivity contribution in [2.24, 2.45) is 56.7 Å². The fraction of sp³-hybridized carbons (Fsp3) is 0.718. The van der Waals surface area contributed by atoms with Crippen LogP contribution in [0.5, 0.6) is 5.75 Å². The van der Waals surface area contributed by atoms with Crippen molar-refractivity contribution < 1.29 is 14.6 Å². The Labute approximate surface area is 255 Å². The van der Waals surface area contributed by atoms with Gasteiger partial charge in [-0.3, -0.25) is 0 Å². The Bertz CT molecular complexity index is 1270. The number of aromatic hydroxyl groups is 1. The van der Waals surface area contributed by atoms with Crippen LogP contribution in [0.3, 0.4) is 0 Å². The molecule has 0 saturated heterocycles. The Kier molecular flexibility index (Phi) is 7.14. The second kappa shape index (κ2) is 10.00. The molecule has 1 aromatic carbocycles. The number of benzene rings is 1. The first kappa shape index (κ1) is 30.0. The van der Waals surface area contributed by atoms with Gasteiger partial charge in [-0.15, -0.1) is 0 Å². The monoisotopic (exact) mass is 572 g/mol. The number of ether oxygens (including phenoxy) is 1. The van der Waals surface area contributed by atoms with Crippen molar-refractivity contribution in [3.63, 3.8) is 0 Å². The van der Waals surface area contributed by atoms with Gasteiger partial charge in [0.25, 0.3) is 0 Å². The van der Waals surface area contributed by atoms with Gasteiger partial charge in [-0.1, -0.05) is 79.2 Å². The first-order valence-electron chi connectivity index (χ1n) is 17.0. The van der Waals surface area contributed by atoms with Crippen LogP contribution in [-0.2, 0) is 9.53 Å². The van der Waals surface area contributed by atoms with Crippen molar-refractivity contribution in [2.45, 2.75) is 119 Å². The molecule has 5 aliphatic carbocycles. The van der Waals surface area contributed by atoms with Gasteiger partial charge in [0, 0.05) is 11.5 Å². The van der Waals surface area contributed by atoms with Crippen LogP contribution >= 0.6 is 0 Å². The van der Waals surface area contributed by atoms with Crippen molar-refractivity contribution in [3.05, 3.63) is 47.6 Å². The second-order valence-electron chi connectivity index (χ2n) is 17.0. The third-order valence-electron chi connectivity index (χ3n) is 14.9. The summed E-state index contributed by atoms with van der Waals surface area (Å²) < 4.78 is 6.22. The van der Waals surface area contributed by atoms with Gasteiger partial charge in [-0.2, -0.15) is 0 Å². The zero-order valence-electron chi connectivity index (χ0n) is 27.6. The smallest absolute Gasteiger partial charge is 0.331 e. The highest BCUT2D eigenvalue weighted by molar-refractivity contribution is 5.87. The fourth-order valence-corrected chi connectivity index (χ4v) is 12.0. The van der Waals surface area contributed by atoms with Gasteiger partial charge in [0.2, 0.25) is 0 Å². The van der Waals surface area contributed by atoms with Crippen LogP contribution in [-0.4, -0.2) is 17.2 Å². The van der Waals surface area contributed by atoms with E-state index in [4.69, 9.17) is 4.74 Å². The quantitative estimate of drug-likeness (QED) is 0.223. The summed E-state index contributed by atoms with van der Waals surface area (Å²) in [7, 11) is 0. The van der Waals surface area contributed by atoms with Crippen LogP contribution in [0.2, 0.25) is 0 Å². The lowest BCUT2D eigenvalue weighted by Gasteiger charge is -2.71. The Morgan fingerprint density at radius 2 is 1.60 bits per heavy atom. The van der Waals surface area contributed by atoms with E-state index >= 15 is 0 Å². The van der Waals surface area contributed by atoms with Crippen molar-refractivity contribution in [1.82, 2.24) is 0 Å². The Morgan fingerprint density at radius 1 is 0.881 bits per heavy atom. The summed E-state index contributed by atoms with van der Waals surface area (Å²) in [5.41, 5.74) is 3.98. The SMILES string of the molecule is C[C@H]1[C@H](C)CC[C@]2(C)CC[C@]3(C)C(=CC[C@@H]4[C@@]5(C)CC[C@H](OC(=O)C=Cc6ccc(O)cc6)C(C)(C)[C@@H]5CC[C@]43C)[C@H]12. The van der Waals surface area contributed by atoms with Crippen LogP contribution in [0.15, 0.2) is 42.0 Å². The molecule has 0 heterocycles. The molecule has 3 heteroatoms. The molecular formula is C39H56O3. The third kappa shape index (κ3) is 4.29. The van der Waals surface area contributed by atoms with E-state index < -0.39 is 0 Å². The molecule has 0 unspecified atom stereocenters. The lowest BCUT2D eigenvalue weighted by Crippen LogP contribution is -2.65. The maximum Gasteiger partial charge on any atom is 0.331 e. The number of hydrogen-bond donors (Lipinski definition) is 1. The molecule has 0 aliphatic heterocycles. The highest BCUT2D eigenvalue weighted by atomic mass is 16.5. The van der Waals surface area contributed by atoms with Gasteiger partial charge in [0.1, 0.15) is 11.9 Å². The molecule has 0 bridgehead atoms. The van der Waals surface area contributed by atoms with E-state index in [-0.39, 0.29) is 34.1 Å². The number of fused-ring (bicyclic) bond motifs is 7. The van der Waals surface area contributed by atoms with Crippen LogP contribution in [0.4, 0.5) is 0 Å². The minimum Gasteiger partial charge on any atom is -0.508 e. The minimum atomic E-state index is -0.260. The first-order chi connectivity index (χ1) is 19.7. The minimum absolute atomic E-state index is 0.0675. The van der Waals surface area contributed by atoms with Crippen molar-refractivity contribution in [3.8, 4) is 5.75 Å². The zero-order valence-corrected chi connectivity index (χ0v) is 27.6. The maximum absolute atomic E-state index is 13.0. The molecule has 4 fully saturated rings. The van der Waals surface area contributed by atoms with Crippen LogP contribution in [0.25, 0.3) is 6.08 Å². The summed E-state index contributed by atoms with van der Waals surface area (Å²) in [6.07, 6.45) is 17.4. The molecule has 10 atom stereocenters. The fourth-order valence-electron chi connectivity index (χ4n) is 12.0. The highest BCUT2D eigenvalue weighted by Crippen LogP contribution is 2.75. The van der Waals surface area contributed by atoms with E-state index in [1.54, 1.807) is 36.4 Å². The Hall–Kier alpha value is -2.03. The van der Waals surface area contributed by atoms with Gasteiger partial charge >= 0.3 is 5.97 Å². The van der Waals surface area contributed by atoms with Crippen molar-refractivity contribution in [2.75, 3.05) is 0 Å². The van der Waals surface area contributed by atoms with Gasteiger partial charge in [0.05, 0.1) is 0 Å². The van der Waals surface area contributed by atoms with Crippen LogP contribution < -0.4 is 0 Å². The number of hydrogen-bond acceptors (Lipinski definition) is 3. The number of carbonyl (C=O) groups is 1. The molecule has 0 radical (unpaired) electrons. The first-order valence-corrected chi connectivity index (χ1v) is 17.0. The normalized spacial score (nSPS) is 46.0. The average molecular weight is 573 g/mol. The average Bonchev–Trinajstić information content (AvgIpc) is 2.93. The molecule has 3 nitrogen and oxygen atoms in total. The molecule has 1 aromatic rings. The molecular weight excluding hydrogens is 516 g/mol. The molecule has 4 saturated carbocycles. The summed E-state index contributed by atoms with van der Waals surface area (Å²) in [5.74, 6) is 3.51. The number of phenolic OH excluding ortho intramolecular Hbond substituents is 1. The predicted molar refractivity (Wildman–Crippen MR) is 172 cm³/mol. The van der Waals surface area contributed by atoms with Gasteiger partial charge in [-0.25, -0.2) is 4.79 Å². The summed E-state index contributed by atoms with van der Waals surface area (Å²) >= 11 is 0. The summed E-state index contributed by atoms with van der Waals surface area (Å²) in [5, 5.41) is 9.54. The standard InChI is InChI=1S/C39H56O3/c1-25-17-20-36(5)23-24-38(7)29(34(36)26(25)2)14-15-31-37(6)21-19-32(35(3,4)30(37)18-22-39(31,38)8)42-33(41)16-11-27-9-12-28(40)13-10-27/h9-14,16,25-26,30-32,34,40H,15,17-24H2,1-8H3/t25-,26+,30+,31-,32+,34+,36-,37+,38-,39-/m1/s1. The molecule has 6 rings (SSSR count). The highest BCUT2D eigenvalue weighted by Gasteiger charge is 2.68. The molecule has 1 N–H and O–H groups in total. The summed E-state index contributed by atoms with van der Waals surface area (Å²) in [6.45, 7) is 20.4. The summed E-state index contributed by atoms with van der Waals surface area (Å²) in [4.78, 5) is 13.0. The molecule has 0 amide bonds. The van der Waals surface area contributed by atoms with Gasteiger partial charge in [0.15, 0.2) is 0 Å². The largest absolute Gasteiger partial charge is 0.508 e. The van der Waals surface area contributed by atoms with E-state index in [1.165, 1.54) is 44.9 Å². The van der Waals surface area contributed by atoms with Crippen molar-refractivity contribution in [1.29, 1.82) is 0 Å². The number of rotatable bonds is 3. The van der Waals surface area contributed by atoms with Crippen molar-refractivity contribution >= 4 is 12.0 Å². The third-order valence-corrected chi connectivity index (χ3v) is 14.9. The topological polar surface area (TPSA) is 46.5 Å². The van der Waals surface area contributed by atoms with E-state index in [2.05, 4.69) is 61.5 Å². The number of esters is 1. The molecule has 0 spiro atoms. The molecule has 230 valence electrons. The van der Waals surface area contributed by atoms with Crippen LogP contribution in [0.1, 0.15) is 119 Å². The van der Waals surface area contributed by atoms with Crippen LogP contribution in [0, 0.1) is 56.7 Å². The summed E-state index contributed by atoms with van der Waals surface area (Å²) in [6, 6.07) is 6.89. The predicted octanol–water partition coefficient (Wildman–Crippen LogP) is 9.99. The van der Waals surface area contributed by atoms with Gasteiger partial charge < -0.3 is 9.84 Å². The molecule has 0 aromatic heterocycles. The molecule has 5 aliphatic rings. The van der Waals surface area contributed by atoms with E-state index in [1.807, 2.05) is 5.57 Å². The van der Waals surface area contributed by atoms with E-state index in [0.717, 1.165) is 36.2 Å². The van der Waals surface area contributed by atoms with E-state index in [9.17, 15) is 9.90 Å². The Balaban J connectivity index is 1.25. The molecule has 42 heavy (non-hydrogen) atoms. The zero-order chi connectivity index (χ0) is 30.3.